The lowest BCUT2D eigenvalue weighted by molar-refractivity contribution is -0.153. The second-order valence-corrected chi connectivity index (χ2v) is 7.65. The third-order valence-electron chi connectivity index (χ3n) is 5.60. The number of benzene rings is 1. The summed E-state index contributed by atoms with van der Waals surface area (Å²) in [7, 11) is 0. The number of morpholine rings is 1. The number of hydrogen-bond acceptors (Lipinski definition) is 5. The Morgan fingerprint density at radius 2 is 1.87 bits per heavy atom. The highest BCUT2D eigenvalue weighted by Crippen LogP contribution is 2.45. The lowest BCUT2D eigenvalue weighted by atomic mass is 9.76. The normalized spacial score (nSPS) is 26.3. The lowest BCUT2D eigenvalue weighted by Gasteiger charge is -2.51. The maximum Gasteiger partial charge on any atom is 0.416 e. The van der Waals surface area contributed by atoms with Crippen LogP contribution in [0.3, 0.4) is 0 Å². The van der Waals surface area contributed by atoms with E-state index in [9.17, 15) is 23.1 Å². The van der Waals surface area contributed by atoms with Gasteiger partial charge in [0.25, 0.3) is 0 Å². The molecule has 1 amide bonds. The molecule has 2 fully saturated rings. The molecule has 4 rings (SSSR count). The molecule has 2 aliphatic heterocycles. The summed E-state index contributed by atoms with van der Waals surface area (Å²) in [5, 5.41) is 11.2. The molecule has 3 heterocycles. The molecule has 2 aliphatic rings. The van der Waals surface area contributed by atoms with Gasteiger partial charge in [-0.2, -0.15) is 13.2 Å². The van der Waals surface area contributed by atoms with E-state index in [1.807, 2.05) is 30.3 Å². The monoisotopic (exact) mass is 422 g/mol. The molecule has 2 aromatic rings. The van der Waals surface area contributed by atoms with E-state index < -0.39 is 35.5 Å². The summed E-state index contributed by atoms with van der Waals surface area (Å²) < 4.78 is 51.4. The van der Waals surface area contributed by atoms with Crippen LogP contribution < -0.4 is 0 Å². The van der Waals surface area contributed by atoms with Crippen LogP contribution >= 0.6 is 0 Å². The number of carbonyl (C=O) groups excluding carboxylic acids is 1. The summed E-state index contributed by atoms with van der Waals surface area (Å²) in [6.07, 6.45) is -3.28. The third-order valence-corrected chi connectivity index (χ3v) is 5.60. The number of hydrogen-bond donors (Lipinski definition) is 1. The van der Waals surface area contributed by atoms with Crippen LogP contribution in [0.4, 0.5) is 18.0 Å². The van der Waals surface area contributed by atoms with Crippen molar-refractivity contribution in [3.63, 3.8) is 0 Å². The molecule has 9 heteroatoms. The smallest absolute Gasteiger partial charge is 0.416 e. The van der Waals surface area contributed by atoms with Crippen molar-refractivity contribution < 1.29 is 32.5 Å². The molecular formula is C21H21F3N2O4. The van der Waals surface area contributed by atoms with Crippen LogP contribution in [-0.2, 0) is 27.9 Å². The van der Waals surface area contributed by atoms with Crippen LogP contribution in [0.2, 0.25) is 0 Å². The van der Waals surface area contributed by atoms with Crippen LogP contribution in [0.25, 0.3) is 0 Å². The number of alkyl halides is 3. The molecule has 1 N–H and O–H groups in total. The van der Waals surface area contributed by atoms with E-state index in [-0.39, 0.29) is 38.2 Å². The predicted octanol–water partition coefficient (Wildman–Crippen LogP) is 3.49. The SMILES string of the molecule is O=C(OCc1ccccc1)N1C2COCC1CC(O)(c1cnccc1C(F)(F)F)C2. The Hall–Kier alpha value is -2.65. The zero-order valence-corrected chi connectivity index (χ0v) is 16.0. The molecule has 6 nitrogen and oxygen atoms in total. The van der Waals surface area contributed by atoms with Gasteiger partial charge < -0.3 is 14.6 Å². The third kappa shape index (κ3) is 3.99. The van der Waals surface area contributed by atoms with Gasteiger partial charge in [-0.05, 0) is 11.6 Å². The van der Waals surface area contributed by atoms with Gasteiger partial charge in [-0.15, -0.1) is 0 Å². The molecule has 160 valence electrons. The van der Waals surface area contributed by atoms with Crippen LogP contribution in [0.5, 0.6) is 0 Å². The molecule has 2 bridgehead atoms. The van der Waals surface area contributed by atoms with Crippen molar-refractivity contribution in [1.82, 2.24) is 9.88 Å². The number of carbonyl (C=O) groups is 1. The van der Waals surface area contributed by atoms with Gasteiger partial charge >= 0.3 is 12.3 Å². The van der Waals surface area contributed by atoms with Crippen molar-refractivity contribution >= 4 is 6.09 Å². The number of fused-ring (bicyclic) bond motifs is 2. The Bertz CT molecular complexity index is 893. The van der Waals surface area contributed by atoms with Crippen LogP contribution in [0.15, 0.2) is 48.8 Å². The second-order valence-electron chi connectivity index (χ2n) is 7.65. The highest BCUT2D eigenvalue weighted by molar-refractivity contribution is 5.69. The zero-order valence-electron chi connectivity index (χ0n) is 16.0. The predicted molar refractivity (Wildman–Crippen MR) is 99.2 cm³/mol. The van der Waals surface area contributed by atoms with Crippen molar-refractivity contribution in [3.05, 3.63) is 65.5 Å². The summed E-state index contributed by atoms with van der Waals surface area (Å²) in [5.41, 5.74) is -2.13. The quantitative estimate of drug-likeness (QED) is 0.820. The van der Waals surface area contributed by atoms with E-state index >= 15 is 0 Å². The Balaban J connectivity index is 1.55. The van der Waals surface area contributed by atoms with E-state index in [1.54, 1.807) is 0 Å². The first kappa shape index (κ1) is 20.6. The van der Waals surface area contributed by atoms with Crippen molar-refractivity contribution in [2.75, 3.05) is 13.2 Å². The Morgan fingerprint density at radius 3 is 2.50 bits per heavy atom. The number of halogens is 3. The maximum absolute atomic E-state index is 13.5. The fraction of sp³-hybridized carbons (Fsp3) is 0.429. The first-order chi connectivity index (χ1) is 14.3. The van der Waals surface area contributed by atoms with Crippen LogP contribution in [0, 0.1) is 0 Å². The molecule has 2 unspecified atom stereocenters. The van der Waals surface area contributed by atoms with Crippen molar-refractivity contribution in [2.24, 2.45) is 0 Å². The van der Waals surface area contributed by atoms with Crippen molar-refractivity contribution in [2.45, 2.75) is 43.3 Å². The van der Waals surface area contributed by atoms with Crippen LogP contribution in [-0.4, -0.2) is 46.4 Å². The minimum atomic E-state index is -4.62. The average molecular weight is 422 g/mol. The van der Waals surface area contributed by atoms with Gasteiger partial charge in [-0.25, -0.2) is 4.79 Å². The summed E-state index contributed by atoms with van der Waals surface area (Å²) in [4.78, 5) is 18.0. The average Bonchev–Trinajstić information content (AvgIpc) is 2.71. The first-order valence-corrected chi connectivity index (χ1v) is 9.59. The largest absolute Gasteiger partial charge is 0.445 e. The van der Waals surface area contributed by atoms with Crippen molar-refractivity contribution in [3.8, 4) is 0 Å². The van der Waals surface area contributed by atoms with Gasteiger partial charge in [0.05, 0.1) is 36.5 Å². The number of pyridine rings is 1. The maximum atomic E-state index is 13.5. The first-order valence-electron chi connectivity index (χ1n) is 9.59. The second kappa shape index (κ2) is 7.88. The molecular weight excluding hydrogens is 401 g/mol. The highest BCUT2D eigenvalue weighted by atomic mass is 19.4. The fourth-order valence-electron chi connectivity index (χ4n) is 4.30. The molecule has 0 spiro atoms. The van der Waals surface area contributed by atoms with Gasteiger partial charge in [0, 0.05) is 30.8 Å². The van der Waals surface area contributed by atoms with E-state index in [0.29, 0.717) is 0 Å². The lowest BCUT2D eigenvalue weighted by Crippen LogP contribution is -2.62. The molecule has 1 aromatic heterocycles. The van der Waals surface area contributed by atoms with Gasteiger partial charge in [-0.1, -0.05) is 30.3 Å². The molecule has 1 aromatic carbocycles. The minimum Gasteiger partial charge on any atom is -0.445 e. The van der Waals surface area contributed by atoms with E-state index in [0.717, 1.165) is 24.0 Å². The standard InChI is InChI=1S/C21H21F3N2O4/c22-21(23,24)17-6-7-25-10-18(17)20(28)8-15-12-29-13-16(9-20)26(15)19(27)30-11-14-4-2-1-3-5-14/h1-7,10,15-16,28H,8-9,11-13H2. The number of amides is 1. The Morgan fingerprint density at radius 1 is 1.20 bits per heavy atom. The zero-order chi connectivity index (χ0) is 21.4. The molecule has 0 saturated carbocycles. The topological polar surface area (TPSA) is 71.9 Å². The van der Waals surface area contributed by atoms with Gasteiger partial charge in [0.15, 0.2) is 0 Å². The van der Waals surface area contributed by atoms with E-state index in [4.69, 9.17) is 9.47 Å². The number of piperidine rings is 1. The van der Waals surface area contributed by atoms with Crippen molar-refractivity contribution in [1.29, 1.82) is 0 Å². The molecule has 2 atom stereocenters. The van der Waals surface area contributed by atoms with Gasteiger partial charge in [0.1, 0.15) is 6.61 Å². The van der Waals surface area contributed by atoms with E-state index in [1.165, 1.54) is 4.90 Å². The summed E-state index contributed by atoms with van der Waals surface area (Å²) in [5.74, 6) is 0. The molecule has 30 heavy (non-hydrogen) atoms. The molecule has 0 radical (unpaired) electrons. The molecule has 0 aliphatic carbocycles. The summed E-state index contributed by atoms with van der Waals surface area (Å²) >= 11 is 0. The number of aromatic nitrogens is 1. The summed E-state index contributed by atoms with van der Waals surface area (Å²) in [6, 6.07) is 8.82. The highest BCUT2D eigenvalue weighted by Gasteiger charge is 2.51. The van der Waals surface area contributed by atoms with Gasteiger partial charge in [0.2, 0.25) is 0 Å². The number of rotatable bonds is 3. The van der Waals surface area contributed by atoms with Gasteiger partial charge in [-0.3, -0.25) is 9.88 Å². The van der Waals surface area contributed by atoms with Crippen LogP contribution in [0.1, 0.15) is 29.5 Å². The fourth-order valence-corrected chi connectivity index (χ4v) is 4.30. The minimum absolute atomic E-state index is 0.0849. The Kier molecular flexibility index (Phi) is 5.42. The molecule has 2 saturated heterocycles. The number of aliphatic hydroxyl groups is 1. The number of ether oxygens (including phenoxy) is 2. The number of nitrogens with zero attached hydrogens (tertiary/aromatic N) is 2. The Labute approximate surface area is 171 Å². The summed E-state index contributed by atoms with van der Waals surface area (Å²) in [6.45, 7) is 0.309. The van der Waals surface area contributed by atoms with E-state index in [2.05, 4.69) is 4.98 Å².